The summed E-state index contributed by atoms with van der Waals surface area (Å²) < 4.78 is 5.15. The summed E-state index contributed by atoms with van der Waals surface area (Å²) in [4.78, 5) is 14.2. The fourth-order valence-electron chi connectivity index (χ4n) is 2.61. The number of carbonyl (C=O) groups is 1. The first-order valence-electron chi connectivity index (χ1n) is 7.10. The predicted octanol–water partition coefficient (Wildman–Crippen LogP) is 3.52. The minimum atomic E-state index is -0.325. The van der Waals surface area contributed by atoms with E-state index >= 15 is 0 Å². The number of amidine groups is 1. The number of hydrogen-bond donors (Lipinski definition) is 1. The van der Waals surface area contributed by atoms with Crippen molar-refractivity contribution in [2.24, 2.45) is 5.16 Å². The van der Waals surface area contributed by atoms with Crippen LogP contribution in [0.4, 0.5) is 0 Å². The van der Waals surface area contributed by atoms with Crippen LogP contribution in [0.15, 0.2) is 35.5 Å². The fraction of sp³-hybridized carbons (Fsp3) is 0.250. The second-order valence-corrected chi connectivity index (χ2v) is 6.69. The smallest absolute Gasteiger partial charge is 0.308 e. The third kappa shape index (κ3) is 3.33. The average Bonchev–Trinajstić information content (AvgIpc) is 2.90. The molecule has 2 heterocycles. The first-order valence-corrected chi connectivity index (χ1v) is 8.30. The number of halogens is 1. The lowest BCUT2D eigenvalue weighted by molar-refractivity contribution is -0.131. The van der Waals surface area contributed by atoms with Crippen LogP contribution in [-0.2, 0) is 17.8 Å². The Morgan fingerprint density at radius 2 is 2.22 bits per heavy atom. The van der Waals surface area contributed by atoms with Crippen molar-refractivity contribution in [3.8, 4) is 5.06 Å². The van der Waals surface area contributed by atoms with Crippen molar-refractivity contribution < 1.29 is 14.7 Å². The molecule has 1 aromatic carbocycles. The van der Waals surface area contributed by atoms with Crippen molar-refractivity contribution in [1.82, 2.24) is 4.90 Å². The Bertz CT molecular complexity index is 772. The minimum Gasteiger partial charge on any atom is -0.416 e. The maximum atomic E-state index is 11.1. The fourth-order valence-corrected chi connectivity index (χ4v) is 3.88. The van der Waals surface area contributed by atoms with Gasteiger partial charge in [0.15, 0.2) is 10.9 Å². The Morgan fingerprint density at radius 3 is 2.91 bits per heavy atom. The molecule has 1 aliphatic heterocycles. The topological polar surface area (TPSA) is 62.1 Å². The average molecular weight is 351 g/mol. The zero-order valence-corrected chi connectivity index (χ0v) is 14.0. The third-order valence-corrected chi connectivity index (χ3v) is 5.04. The molecule has 0 atom stereocenters. The molecule has 7 heteroatoms. The van der Waals surface area contributed by atoms with E-state index in [9.17, 15) is 10.0 Å². The van der Waals surface area contributed by atoms with Crippen molar-refractivity contribution in [2.75, 3.05) is 6.54 Å². The van der Waals surface area contributed by atoms with Crippen LogP contribution in [-0.4, -0.2) is 28.5 Å². The molecule has 1 aromatic heterocycles. The molecule has 5 nitrogen and oxygen atoms in total. The molecule has 0 unspecified atom stereocenters. The van der Waals surface area contributed by atoms with Crippen LogP contribution in [0, 0.1) is 0 Å². The highest BCUT2D eigenvalue weighted by atomic mass is 35.5. The highest BCUT2D eigenvalue weighted by Gasteiger charge is 2.24. The van der Waals surface area contributed by atoms with Crippen LogP contribution in [0.3, 0.4) is 0 Å². The van der Waals surface area contributed by atoms with E-state index in [-0.39, 0.29) is 5.97 Å². The summed E-state index contributed by atoms with van der Waals surface area (Å²) in [6.45, 7) is 2.67. The van der Waals surface area contributed by atoms with Crippen LogP contribution in [0.5, 0.6) is 5.06 Å². The van der Waals surface area contributed by atoms with Gasteiger partial charge in [0.05, 0.1) is 5.02 Å². The maximum Gasteiger partial charge on any atom is 0.308 e. The summed E-state index contributed by atoms with van der Waals surface area (Å²) in [5, 5.41) is 14.0. The van der Waals surface area contributed by atoms with Gasteiger partial charge in [-0.05, 0) is 30.2 Å². The monoisotopic (exact) mass is 350 g/mol. The summed E-state index contributed by atoms with van der Waals surface area (Å²) in [6, 6.07) is 9.14. The highest BCUT2D eigenvalue weighted by Crippen LogP contribution is 2.34. The van der Waals surface area contributed by atoms with Gasteiger partial charge in [-0.25, -0.2) is 0 Å². The predicted molar refractivity (Wildman–Crippen MR) is 89.5 cm³/mol. The van der Waals surface area contributed by atoms with Gasteiger partial charge in [-0.3, -0.25) is 4.79 Å². The highest BCUT2D eigenvalue weighted by molar-refractivity contribution is 7.14. The molecule has 23 heavy (non-hydrogen) atoms. The van der Waals surface area contributed by atoms with E-state index in [1.54, 1.807) is 6.07 Å². The lowest BCUT2D eigenvalue weighted by Crippen LogP contribution is -2.36. The number of carbonyl (C=O) groups excluding carboxylic acids is 1. The van der Waals surface area contributed by atoms with Gasteiger partial charge in [-0.1, -0.05) is 28.9 Å². The summed E-state index contributed by atoms with van der Waals surface area (Å²) >= 11 is 7.69. The second-order valence-electron chi connectivity index (χ2n) is 5.18. The van der Waals surface area contributed by atoms with Crippen molar-refractivity contribution in [1.29, 1.82) is 0 Å². The summed E-state index contributed by atoms with van der Waals surface area (Å²) in [5.74, 6) is 0.121. The van der Waals surface area contributed by atoms with E-state index in [0.29, 0.717) is 34.6 Å². The molecular weight excluding hydrogens is 336 g/mol. The molecule has 0 aliphatic carbocycles. The molecule has 0 bridgehead atoms. The van der Waals surface area contributed by atoms with Crippen LogP contribution in [0.1, 0.15) is 22.9 Å². The first-order chi connectivity index (χ1) is 11.1. The van der Waals surface area contributed by atoms with Gasteiger partial charge >= 0.3 is 5.97 Å². The molecule has 0 fully saturated rings. The first kappa shape index (κ1) is 15.8. The van der Waals surface area contributed by atoms with E-state index in [2.05, 4.69) is 5.16 Å². The quantitative estimate of drug-likeness (QED) is 0.296. The van der Waals surface area contributed by atoms with Gasteiger partial charge < -0.3 is 14.8 Å². The van der Waals surface area contributed by atoms with Crippen molar-refractivity contribution in [3.63, 3.8) is 0 Å². The molecule has 120 valence electrons. The standard InChI is InChI=1S/C16H15ClN2O3S/c1-10(20)22-15-8-11-9-19(7-6-14(11)23-15)16(18-21)12-4-2-3-5-13(12)17/h2-5,8,21H,6-7,9H2,1H3/b18-16-. The largest absolute Gasteiger partial charge is 0.416 e. The number of hydrogen-bond acceptors (Lipinski definition) is 5. The van der Waals surface area contributed by atoms with E-state index in [4.69, 9.17) is 16.3 Å². The van der Waals surface area contributed by atoms with Crippen LogP contribution >= 0.6 is 22.9 Å². The molecule has 2 aromatic rings. The zero-order valence-electron chi connectivity index (χ0n) is 12.5. The molecule has 1 N–H and O–H groups in total. The number of esters is 1. The van der Waals surface area contributed by atoms with Gasteiger partial charge in [0.25, 0.3) is 0 Å². The second kappa shape index (κ2) is 6.60. The van der Waals surface area contributed by atoms with Gasteiger partial charge in [-0.2, -0.15) is 0 Å². The molecule has 0 spiro atoms. The molecule has 0 saturated carbocycles. The SMILES string of the molecule is CC(=O)Oc1cc2c(s1)CCN(/C(=N\O)c1ccccc1Cl)C2. The van der Waals surface area contributed by atoms with Gasteiger partial charge in [0, 0.05) is 30.5 Å². The number of oxime groups is 1. The number of rotatable bonds is 2. The van der Waals surface area contributed by atoms with E-state index in [1.807, 2.05) is 29.2 Å². The number of fused-ring (bicyclic) bond motifs is 1. The van der Waals surface area contributed by atoms with Gasteiger partial charge in [0.2, 0.25) is 0 Å². The van der Waals surface area contributed by atoms with Crippen LogP contribution in [0.25, 0.3) is 0 Å². The van der Waals surface area contributed by atoms with Crippen molar-refractivity contribution in [3.05, 3.63) is 51.4 Å². The Morgan fingerprint density at radius 1 is 1.43 bits per heavy atom. The molecule has 0 amide bonds. The summed E-state index contributed by atoms with van der Waals surface area (Å²) in [6.07, 6.45) is 0.796. The van der Waals surface area contributed by atoms with E-state index in [0.717, 1.165) is 12.0 Å². The Balaban J connectivity index is 1.84. The van der Waals surface area contributed by atoms with E-state index in [1.165, 1.54) is 23.1 Å². The third-order valence-electron chi connectivity index (χ3n) is 3.60. The van der Waals surface area contributed by atoms with Crippen molar-refractivity contribution in [2.45, 2.75) is 19.9 Å². The van der Waals surface area contributed by atoms with Crippen LogP contribution in [0.2, 0.25) is 5.02 Å². The lowest BCUT2D eigenvalue weighted by Gasteiger charge is -2.29. The van der Waals surface area contributed by atoms with E-state index < -0.39 is 0 Å². The summed E-state index contributed by atoms with van der Waals surface area (Å²) in [7, 11) is 0. The molecule has 1 aliphatic rings. The molecule has 0 saturated heterocycles. The normalized spacial score (nSPS) is 14.5. The molecular formula is C16H15ClN2O3S. The molecule has 3 rings (SSSR count). The number of ether oxygens (including phenoxy) is 1. The number of nitrogens with zero attached hydrogens (tertiary/aromatic N) is 2. The Hall–Kier alpha value is -2.05. The summed E-state index contributed by atoms with van der Waals surface area (Å²) in [5.41, 5.74) is 1.77. The number of benzene rings is 1. The Labute approximate surface area is 142 Å². The molecule has 0 radical (unpaired) electrons. The van der Waals surface area contributed by atoms with Crippen molar-refractivity contribution >= 4 is 34.7 Å². The Kier molecular flexibility index (Phi) is 4.54. The maximum absolute atomic E-state index is 11.1. The zero-order chi connectivity index (χ0) is 16.4. The van der Waals surface area contributed by atoms with Gasteiger partial charge in [0.1, 0.15) is 0 Å². The lowest BCUT2D eigenvalue weighted by atomic mass is 10.1. The van der Waals surface area contributed by atoms with Gasteiger partial charge in [-0.15, -0.1) is 11.3 Å². The minimum absolute atomic E-state index is 0.325. The number of thiophene rings is 1. The van der Waals surface area contributed by atoms with Crippen LogP contribution < -0.4 is 4.74 Å².